The number of methoxy groups -OCH3 is 1. The van der Waals surface area contributed by atoms with Crippen LogP contribution in [0.15, 0.2) is 0 Å². The van der Waals surface area contributed by atoms with E-state index in [-0.39, 0.29) is 31.0 Å². The minimum absolute atomic E-state index is 0.118. The zero-order chi connectivity index (χ0) is 16.3. The smallest absolute Gasteiger partial charge is 0.407 e. The van der Waals surface area contributed by atoms with Gasteiger partial charge in [0.25, 0.3) is 0 Å². The molecule has 0 aliphatic carbocycles. The maximum Gasteiger partial charge on any atom is 0.407 e. The molecule has 0 radical (unpaired) electrons. The predicted molar refractivity (Wildman–Crippen MR) is 76.0 cm³/mol. The summed E-state index contributed by atoms with van der Waals surface area (Å²) < 4.78 is 15.8. The third-order valence-corrected chi connectivity index (χ3v) is 4.10. The molecule has 22 heavy (non-hydrogen) atoms. The third-order valence-electron chi connectivity index (χ3n) is 4.10. The molecule has 126 valence electrons. The van der Waals surface area contributed by atoms with Gasteiger partial charge in [-0.3, -0.25) is 4.79 Å². The number of hydrogen-bond donors (Lipinski definition) is 2. The molecule has 0 aromatic heterocycles. The van der Waals surface area contributed by atoms with Crippen molar-refractivity contribution in [2.75, 3.05) is 33.5 Å². The lowest BCUT2D eigenvalue weighted by Crippen LogP contribution is -2.53. The molecule has 2 atom stereocenters. The second kappa shape index (κ2) is 6.80. The minimum atomic E-state index is -0.824. The van der Waals surface area contributed by atoms with Crippen LogP contribution in [0.4, 0.5) is 4.79 Å². The van der Waals surface area contributed by atoms with Gasteiger partial charge in [-0.25, -0.2) is 4.79 Å². The minimum Gasteiger partial charge on any atom is -0.453 e. The van der Waals surface area contributed by atoms with Gasteiger partial charge in [-0.2, -0.15) is 0 Å². The lowest BCUT2D eigenvalue weighted by Gasteiger charge is -2.30. The number of rotatable bonds is 4. The summed E-state index contributed by atoms with van der Waals surface area (Å²) in [5, 5.41) is 12.1. The molecular weight excluding hydrogens is 292 g/mol. The van der Waals surface area contributed by atoms with Crippen molar-refractivity contribution < 1.29 is 28.9 Å². The van der Waals surface area contributed by atoms with E-state index in [1.165, 1.54) is 12.0 Å². The average Bonchev–Trinajstić information content (AvgIpc) is 3.10. The number of aliphatic hydroxyl groups excluding tert-OH is 1. The summed E-state index contributed by atoms with van der Waals surface area (Å²) in [7, 11) is 1.25. The maximum atomic E-state index is 12.8. The van der Waals surface area contributed by atoms with Gasteiger partial charge in [0.1, 0.15) is 6.04 Å². The Balaban J connectivity index is 2.12. The number of aliphatic hydroxyl groups is 1. The molecule has 2 N–H and O–H groups in total. The molecule has 0 aromatic carbocycles. The molecule has 2 saturated heterocycles. The van der Waals surface area contributed by atoms with E-state index >= 15 is 0 Å². The van der Waals surface area contributed by atoms with Crippen LogP contribution in [0.1, 0.15) is 20.3 Å². The average molecular weight is 316 g/mol. The van der Waals surface area contributed by atoms with Crippen molar-refractivity contribution in [2.24, 2.45) is 5.92 Å². The van der Waals surface area contributed by atoms with E-state index < -0.39 is 17.9 Å². The SMILES string of the molecule is COC(=O)N[C@H](C(=O)N1CC2(C[C@H]1CO)OCCO2)C(C)C. The standard InChI is InChI=1S/C14H24N2O6/c1-9(2)11(15-13(19)20-3)12(18)16-8-14(6-10(16)7-17)21-4-5-22-14/h9-11,17H,4-8H2,1-3H3,(H,15,19)/t10-,11-/m0/s1. The number of likely N-dealkylation sites (tertiary alicyclic amines) is 1. The first-order chi connectivity index (χ1) is 10.4. The molecule has 2 fully saturated rings. The van der Waals surface area contributed by atoms with Gasteiger partial charge in [0, 0.05) is 6.42 Å². The highest BCUT2D eigenvalue weighted by Crippen LogP contribution is 2.35. The highest BCUT2D eigenvalue weighted by molar-refractivity contribution is 5.86. The number of amides is 2. The van der Waals surface area contributed by atoms with Gasteiger partial charge in [-0.15, -0.1) is 0 Å². The first kappa shape index (κ1) is 17.0. The van der Waals surface area contributed by atoms with Gasteiger partial charge >= 0.3 is 6.09 Å². The van der Waals surface area contributed by atoms with Crippen LogP contribution in [-0.2, 0) is 19.0 Å². The number of carbonyl (C=O) groups excluding carboxylic acids is 2. The lowest BCUT2D eigenvalue weighted by molar-refractivity contribution is -0.153. The van der Waals surface area contributed by atoms with Crippen LogP contribution in [0.5, 0.6) is 0 Å². The van der Waals surface area contributed by atoms with Crippen LogP contribution < -0.4 is 5.32 Å². The van der Waals surface area contributed by atoms with Crippen molar-refractivity contribution >= 4 is 12.0 Å². The molecule has 2 aliphatic heterocycles. The fraction of sp³-hybridized carbons (Fsp3) is 0.857. The Hall–Kier alpha value is -1.38. The maximum absolute atomic E-state index is 12.8. The molecule has 1 spiro atoms. The highest BCUT2D eigenvalue weighted by Gasteiger charge is 2.51. The van der Waals surface area contributed by atoms with E-state index in [0.29, 0.717) is 19.6 Å². The molecule has 8 heteroatoms. The summed E-state index contributed by atoms with van der Waals surface area (Å²) in [5.41, 5.74) is 0. The zero-order valence-electron chi connectivity index (χ0n) is 13.2. The Kier molecular flexibility index (Phi) is 5.25. The van der Waals surface area contributed by atoms with Gasteiger partial charge < -0.3 is 29.5 Å². The zero-order valence-corrected chi connectivity index (χ0v) is 13.2. The third kappa shape index (κ3) is 3.34. The number of ether oxygens (including phenoxy) is 3. The summed E-state index contributed by atoms with van der Waals surface area (Å²) in [5.74, 6) is -1.21. The van der Waals surface area contributed by atoms with Gasteiger partial charge in [0.2, 0.25) is 5.91 Å². The van der Waals surface area contributed by atoms with E-state index in [4.69, 9.17) is 9.47 Å². The topological polar surface area (TPSA) is 97.3 Å². The summed E-state index contributed by atoms with van der Waals surface area (Å²) in [6.45, 7) is 4.70. The Bertz CT molecular complexity index is 422. The molecule has 2 amide bonds. The number of hydrogen-bond acceptors (Lipinski definition) is 6. The van der Waals surface area contributed by atoms with Crippen LogP contribution in [0.25, 0.3) is 0 Å². The molecule has 0 aromatic rings. The van der Waals surface area contributed by atoms with E-state index in [1.807, 2.05) is 13.8 Å². The fourth-order valence-corrected chi connectivity index (χ4v) is 2.93. The first-order valence-corrected chi connectivity index (χ1v) is 7.46. The molecule has 0 unspecified atom stereocenters. The molecule has 2 heterocycles. The van der Waals surface area contributed by atoms with Gasteiger partial charge in [-0.1, -0.05) is 13.8 Å². The van der Waals surface area contributed by atoms with Crippen LogP contribution in [-0.4, -0.2) is 73.4 Å². The second-order valence-corrected chi connectivity index (χ2v) is 5.97. The van der Waals surface area contributed by atoms with Crippen molar-refractivity contribution in [3.63, 3.8) is 0 Å². The Morgan fingerprint density at radius 1 is 1.41 bits per heavy atom. The normalized spacial score (nSPS) is 24.8. The summed E-state index contributed by atoms with van der Waals surface area (Å²) in [6, 6.07) is -1.11. The number of nitrogens with zero attached hydrogens (tertiary/aromatic N) is 1. The molecule has 8 nitrogen and oxygen atoms in total. The van der Waals surface area contributed by atoms with Crippen molar-refractivity contribution in [3.8, 4) is 0 Å². The van der Waals surface area contributed by atoms with Crippen LogP contribution >= 0.6 is 0 Å². The summed E-state index contributed by atoms with van der Waals surface area (Å²) in [6.07, 6.45) is -0.229. The van der Waals surface area contributed by atoms with Crippen molar-refractivity contribution in [2.45, 2.75) is 38.1 Å². The van der Waals surface area contributed by atoms with Gasteiger partial charge in [0.05, 0.1) is 39.5 Å². The lowest BCUT2D eigenvalue weighted by atomic mass is 10.0. The Morgan fingerprint density at radius 3 is 2.55 bits per heavy atom. The molecular formula is C14H24N2O6. The van der Waals surface area contributed by atoms with E-state index in [1.54, 1.807) is 0 Å². The van der Waals surface area contributed by atoms with Crippen molar-refractivity contribution in [3.05, 3.63) is 0 Å². The first-order valence-electron chi connectivity index (χ1n) is 7.46. The Morgan fingerprint density at radius 2 is 2.05 bits per heavy atom. The van der Waals surface area contributed by atoms with Crippen LogP contribution in [0, 0.1) is 5.92 Å². The molecule has 2 rings (SSSR count). The number of nitrogens with one attached hydrogen (secondary N) is 1. The number of alkyl carbamates (subject to hydrolysis) is 1. The largest absolute Gasteiger partial charge is 0.453 e. The summed E-state index contributed by atoms with van der Waals surface area (Å²) in [4.78, 5) is 25.8. The highest BCUT2D eigenvalue weighted by atomic mass is 16.7. The van der Waals surface area contributed by atoms with E-state index in [0.717, 1.165) is 0 Å². The monoisotopic (exact) mass is 316 g/mol. The van der Waals surface area contributed by atoms with Crippen LogP contribution in [0.2, 0.25) is 0 Å². The van der Waals surface area contributed by atoms with Crippen molar-refractivity contribution in [1.29, 1.82) is 0 Å². The van der Waals surface area contributed by atoms with Crippen LogP contribution in [0.3, 0.4) is 0 Å². The molecule has 0 saturated carbocycles. The quantitative estimate of drug-likeness (QED) is 0.739. The molecule has 0 bridgehead atoms. The second-order valence-electron chi connectivity index (χ2n) is 5.97. The van der Waals surface area contributed by atoms with E-state index in [2.05, 4.69) is 10.1 Å². The Labute approximate surface area is 129 Å². The predicted octanol–water partition coefficient (Wildman–Crippen LogP) is -0.297. The van der Waals surface area contributed by atoms with E-state index in [9.17, 15) is 14.7 Å². The van der Waals surface area contributed by atoms with Crippen molar-refractivity contribution in [1.82, 2.24) is 10.2 Å². The number of carbonyl (C=O) groups is 2. The fourth-order valence-electron chi connectivity index (χ4n) is 2.93. The molecule has 2 aliphatic rings. The summed E-state index contributed by atoms with van der Waals surface area (Å²) >= 11 is 0. The van der Waals surface area contributed by atoms with Gasteiger partial charge in [0.15, 0.2) is 5.79 Å². The van der Waals surface area contributed by atoms with Gasteiger partial charge in [-0.05, 0) is 5.92 Å².